The van der Waals surface area contributed by atoms with Crippen LogP contribution in [0.5, 0.6) is 5.75 Å². The Kier molecular flexibility index (Phi) is 9.04. The van der Waals surface area contributed by atoms with E-state index in [1.54, 1.807) is 6.92 Å². The van der Waals surface area contributed by atoms with Crippen LogP contribution in [0.15, 0.2) is 61.2 Å². The van der Waals surface area contributed by atoms with Gasteiger partial charge in [0.15, 0.2) is 23.2 Å². The number of ether oxygens (including phenoxy) is 2. The van der Waals surface area contributed by atoms with Gasteiger partial charge in [0.2, 0.25) is 5.82 Å². The molecule has 2 unspecified atom stereocenters. The molecule has 2 atom stereocenters. The van der Waals surface area contributed by atoms with E-state index in [1.165, 1.54) is 35.4 Å². The molecule has 196 valence electrons. The van der Waals surface area contributed by atoms with Crippen LogP contribution in [-0.4, -0.2) is 19.3 Å². The van der Waals surface area contributed by atoms with Crippen LogP contribution in [0.1, 0.15) is 55.2 Å². The van der Waals surface area contributed by atoms with Gasteiger partial charge in [0.05, 0.1) is 19.3 Å². The molecule has 0 amide bonds. The summed E-state index contributed by atoms with van der Waals surface area (Å²) < 4.78 is 69.9. The standard InChI is InChI=1S/C31H32F4O2/c1-3-5-6-20-7-9-21(10-8-20)11-13-23-14-12-22(19-37-23)24-15-16-25(29(33)28(24)32)26-17-18-27(36-4-2)31(35)30(26)34/h3,7-10,15-18,22-23H,1,4-6,11-14,19H2,2H3. The molecule has 1 aliphatic heterocycles. The van der Waals surface area contributed by atoms with E-state index in [0.29, 0.717) is 6.42 Å². The van der Waals surface area contributed by atoms with Crippen molar-refractivity contribution in [1.29, 1.82) is 0 Å². The van der Waals surface area contributed by atoms with Crippen molar-refractivity contribution in [3.63, 3.8) is 0 Å². The van der Waals surface area contributed by atoms with Gasteiger partial charge in [-0.15, -0.1) is 6.58 Å². The van der Waals surface area contributed by atoms with Gasteiger partial charge >= 0.3 is 0 Å². The molecule has 37 heavy (non-hydrogen) atoms. The normalized spacial score (nSPS) is 17.5. The molecule has 4 rings (SSSR count). The zero-order chi connectivity index (χ0) is 26.4. The topological polar surface area (TPSA) is 18.5 Å². The third kappa shape index (κ3) is 6.24. The minimum atomic E-state index is -1.27. The summed E-state index contributed by atoms with van der Waals surface area (Å²) in [7, 11) is 0. The largest absolute Gasteiger partial charge is 0.491 e. The summed E-state index contributed by atoms with van der Waals surface area (Å²) in [4.78, 5) is 0. The lowest BCUT2D eigenvalue weighted by molar-refractivity contribution is -0.00126. The number of benzene rings is 3. The van der Waals surface area contributed by atoms with Gasteiger partial charge in [-0.1, -0.05) is 42.5 Å². The van der Waals surface area contributed by atoms with E-state index in [1.807, 2.05) is 6.08 Å². The second-order valence-corrected chi connectivity index (χ2v) is 9.41. The smallest absolute Gasteiger partial charge is 0.201 e. The average Bonchev–Trinajstić information content (AvgIpc) is 2.92. The van der Waals surface area contributed by atoms with Crippen LogP contribution >= 0.6 is 0 Å². The van der Waals surface area contributed by atoms with E-state index in [4.69, 9.17) is 9.47 Å². The van der Waals surface area contributed by atoms with E-state index in [2.05, 4.69) is 30.8 Å². The molecule has 1 fully saturated rings. The fraction of sp³-hybridized carbons (Fsp3) is 0.355. The molecule has 1 heterocycles. The summed E-state index contributed by atoms with van der Waals surface area (Å²) in [5.41, 5.74) is 2.05. The average molecular weight is 513 g/mol. The first-order valence-electron chi connectivity index (χ1n) is 12.8. The van der Waals surface area contributed by atoms with Crippen LogP contribution in [0.3, 0.4) is 0 Å². The summed E-state index contributed by atoms with van der Waals surface area (Å²) in [6.07, 6.45) is 7.07. The maximum Gasteiger partial charge on any atom is 0.201 e. The summed E-state index contributed by atoms with van der Waals surface area (Å²) in [5, 5.41) is 0. The highest BCUT2D eigenvalue weighted by Crippen LogP contribution is 2.37. The van der Waals surface area contributed by atoms with Crippen molar-refractivity contribution in [2.45, 2.75) is 57.5 Å². The lowest BCUT2D eigenvalue weighted by atomic mass is 9.88. The van der Waals surface area contributed by atoms with E-state index < -0.39 is 23.3 Å². The molecule has 0 bridgehead atoms. The Hall–Kier alpha value is -3.12. The third-order valence-electron chi connectivity index (χ3n) is 6.97. The predicted octanol–water partition coefficient (Wildman–Crippen LogP) is 8.32. The van der Waals surface area contributed by atoms with Crippen LogP contribution in [0, 0.1) is 23.3 Å². The fourth-order valence-corrected chi connectivity index (χ4v) is 4.84. The Balaban J connectivity index is 1.37. The third-order valence-corrected chi connectivity index (χ3v) is 6.97. The molecule has 0 aromatic heterocycles. The van der Waals surface area contributed by atoms with Crippen molar-refractivity contribution in [2.75, 3.05) is 13.2 Å². The van der Waals surface area contributed by atoms with Gasteiger partial charge in [-0.05, 0) is 74.3 Å². The van der Waals surface area contributed by atoms with Gasteiger partial charge in [-0.2, -0.15) is 4.39 Å². The molecule has 1 saturated heterocycles. The van der Waals surface area contributed by atoms with Crippen molar-refractivity contribution in [3.05, 3.63) is 101 Å². The number of rotatable bonds is 10. The summed E-state index contributed by atoms with van der Waals surface area (Å²) in [6, 6.07) is 13.7. The minimum Gasteiger partial charge on any atom is -0.491 e. The summed E-state index contributed by atoms with van der Waals surface area (Å²) in [6.45, 7) is 5.83. The second kappa shape index (κ2) is 12.4. The summed E-state index contributed by atoms with van der Waals surface area (Å²) >= 11 is 0. The molecule has 3 aromatic carbocycles. The molecule has 0 radical (unpaired) electrons. The minimum absolute atomic E-state index is 0.0600. The number of aryl methyl sites for hydroxylation is 2. The predicted molar refractivity (Wildman–Crippen MR) is 138 cm³/mol. The quantitative estimate of drug-likeness (QED) is 0.201. The molecule has 0 aliphatic carbocycles. The first kappa shape index (κ1) is 26.9. The van der Waals surface area contributed by atoms with Crippen molar-refractivity contribution in [3.8, 4) is 16.9 Å². The maximum atomic E-state index is 15.1. The van der Waals surface area contributed by atoms with Crippen LogP contribution in [0.25, 0.3) is 11.1 Å². The monoisotopic (exact) mass is 512 g/mol. The molecule has 2 nitrogen and oxygen atoms in total. The zero-order valence-electron chi connectivity index (χ0n) is 21.0. The maximum absolute atomic E-state index is 15.1. The van der Waals surface area contributed by atoms with Gasteiger partial charge in [0.25, 0.3) is 0 Å². The molecule has 0 saturated carbocycles. The molecule has 1 aliphatic rings. The first-order valence-corrected chi connectivity index (χ1v) is 12.8. The van der Waals surface area contributed by atoms with Gasteiger partial charge < -0.3 is 9.47 Å². The summed E-state index contributed by atoms with van der Waals surface area (Å²) in [5.74, 6) is -5.30. The van der Waals surface area contributed by atoms with E-state index in [0.717, 1.165) is 32.1 Å². The number of hydrogen-bond acceptors (Lipinski definition) is 2. The van der Waals surface area contributed by atoms with Gasteiger partial charge in [-0.3, -0.25) is 0 Å². The van der Waals surface area contributed by atoms with Gasteiger partial charge in [0, 0.05) is 17.0 Å². The second-order valence-electron chi connectivity index (χ2n) is 9.41. The lowest BCUT2D eigenvalue weighted by Gasteiger charge is -2.30. The first-order chi connectivity index (χ1) is 17.9. The van der Waals surface area contributed by atoms with Gasteiger partial charge in [-0.25, -0.2) is 13.2 Å². The number of halogens is 4. The number of allylic oxidation sites excluding steroid dienone is 1. The zero-order valence-corrected chi connectivity index (χ0v) is 21.0. The molecular weight excluding hydrogens is 480 g/mol. The van der Waals surface area contributed by atoms with Crippen molar-refractivity contribution < 1.29 is 27.0 Å². The molecule has 3 aromatic rings. The Labute approximate surface area is 215 Å². The van der Waals surface area contributed by atoms with Crippen LogP contribution in [0.4, 0.5) is 17.6 Å². The molecule has 0 spiro atoms. The van der Waals surface area contributed by atoms with Crippen molar-refractivity contribution >= 4 is 0 Å². The number of hydrogen-bond donors (Lipinski definition) is 0. The fourth-order valence-electron chi connectivity index (χ4n) is 4.84. The Morgan fingerprint density at radius 1 is 0.838 bits per heavy atom. The van der Waals surface area contributed by atoms with Gasteiger partial charge in [0.1, 0.15) is 0 Å². The van der Waals surface area contributed by atoms with Crippen LogP contribution < -0.4 is 4.74 Å². The van der Waals surface area contributed by atoms with E-state index in [-0.39, 0.29) is 47.7 Å². The van der Waals surface area contributed by atoms with Crippen LogP contribution in [-0.2, 0) is 17.6 Å². The van der Waals surface area contributed by atoms with E-state index in [9.17, 15) is 8.78 Å². The van der Waals surface area contributed by atoms with E-state index >= 15 is 8.78 Å². The SMILES string of the molecule is C=CCCc1ccc(CCC2CCC(c3ccc(-c4ccc(OCC)c(F)c4F)c(F)c3F)CO2)cc1. The van der Waals surface area contributed by atoms with Crippen molar-refractivity contribution in [1.82, 2.24) is 0 Å². The highest BCUT2D eigenvalue weighted by Gasteiger charge is 2.28. The van der Waals surface area contributed by atoms with Crippen LogP contribution in [0.2, 0.25) is 0 Å². The van der Waals surface area contributed by atoms with Crippen molar-refractivity contribution in [2.24, 2.45) is 0 Å². The lowest BCUT2D eigenvalue weighted by Crippen LogP contribution is -2.26. The Bertz CT molecular complexity index is 1210. The molecule has 0 N–H and O–H groups in total. The Morgan fingerprint density at radius 2 is 1.49 bits per heavy atom. The highest BCUT2D eigenvalue weighted by molar-refractivity contribution is 5.66. The highest BCUT2D eigenvalue weighted by atomic mass is 19.2. The molecular formula is C31H32F4O2. The molecule has 6 heteroatoms. The Morgan fingerprint density at radius 3 is 2.11 bits per heavy atom.